The van der Waals surface area contributed by atoms with Gasteiger partial charge in [-0.15, -0.1) is 0 Å². The van der Waals surface area contributed by atoms with E-state index in [9.17, 15) is 0 Å². The fraction of sp³-hybridized carbons (Fsp3) is 0.222. The lowest BCUT2D eigenvalue weighted by Gasteiger charge is -2.08. The largest absolute Gasteiger partial charge is 0.496 e. The van der Waals surface area contributed by atoms with E-state index in [4.69, 9.17) is 9.47 Å². The summed E-state index contributed by atoms with van der Waals surface area (Å²) in [5.41, 5.74) is 3.46. The zero-order chi connectivity index (χ0) is 15.9. The number of methoxy groups -OCH3 is 2. The first-order valence-corrected chi connectivity index (χ1v) is 7.03. The van der Waals surface area contributed by atoms with Crippen molar-refractivity contribution in [2.24, 2.45) is 10.2 Å². The van der Waals surface area contributed by atoms with Crippen LogP contribution in [0.1, 0.15) is 25.0 Å². The summed E-state index contributed by atoms with van der Waals surface area (Å²) < 4.78 is 10.7. The predicted octanol–water partition coefficient (Wildman–Crippen LogP) is 3.94. The Balaban J connectivity index is 2.32. The average molecular weight is 296 g/mol. The molecule has 0 heterocycles. The van der Waals surface area contributed by atoms with Crippen LogP contribution in [0.15, 0.2) is 58.7 Å². The van der Waals surface area contributed by atoms with Crippen molar-refractivity contribution < 1.29 is 9.47 Å². The SMILES string of the molecule is COc1ccccc1/C(C)=N/N=C(\C)c1ccccc1OC. The van der Waals surface area contributed by atoms with Gasteiger partial charge in [0.15, 0.2) is 0 Å². The highest BCUT2D eigenvalue weighted by molar-refractivity contribution is 6.04. The van der Waals surface area contributed by atoms with Crippen molar-refractivity contribution >= 4 is 11.4 Å². The summed E-state index contributed by atoms with van der Waals surface area (Å²) in [6.07, 6.45) is 0. The molecule has 22 heavy (non-hydrogen) atoms. The smallest absolute Gasteiger partial charge is 0.127 e. The summed E-state index contributed by atoms with van der Waals surface area (Å²) >= 11 is 0. The van der Waals surface area contributed by atoms with Crippen LogP contribution < -0.4 is 9.47 Å². The minimum absolute atomic E-state index is 0.786. The predicted molar refractivity (Wildman–Crippen MR) is 90.4 cm³/mol. The molecule has 0 radical (unpaired) electrons. The molecule has 2 aromatic carbocycles. The number of para-hydroxylation sites is 2. The lowest BCUT2D eigenvalue weighted by atomic mass is 10.1. The van der Waals surface area contributed by atoms with E-state index in [1.54, 1.807) is 14.2 Å². The Bertz CT molecular complexity index is 644. The van der Waals surface area contributed by atoms with E-state index in [0.29, 0.717) is 0 Å². The maximum Gasteiger partial charge on any atom is 0.127 e. The summed E-state index contributed by atoms with van der Waals surface area (Å²) in [5.74, 6) is 1.57. The van der Waals surface area contributed by atoms with Crippen LogP contribution in [0.3, 0.4) is 0 Å². The molecule has 0 atom stereocenters. The Kier molecular flexibility index (Phi) is 5.31. The summed E-state index contributed by atoms with van der Waals surface area (Å²) in [5, 5.41) is 8.65. The monoisotopic (exact) mass is 296 g/mol. The molecule has 0 aliphatic carbocycles. The lowest BCUT2D eigenvalue weighted by Crippen LogP contribution is -2.01. The normalized spacial score (nSPS) is 12.2. The quantitative estimate of drug-likeness (QED) is 0.619. The molecule has 0 aromatic heterocycles. The van der Waals surface area contributed by atoms with E-state index in [-0.39, 0.29) is 0 Å². The number of ether oxygens (including phenoxy) is 2. The van der Waals surface area contributed by atoms with Gasteiger partial charge in [0.1, 0.15) is 11.5 Å². The zero-order valence-corrected chi connectivity index (χ0v) is 13.3. The summed E-state index contributed by atoms with van der Waals surface area (Å²) in [4.78, 5) is 0. The summed E-state index contributed by atoms with van der Waals surface area (Å²) in [6, 6.07) is 15.5. The molecule has 2 aromatic rings. The molecule has 0 fully saturated rings. The van der Waals surface area contributed by atoms with E-state index in [0.717, 1.165) is 34.0 Å². The van der Waals surface area contributed by atoms with Crippen molar-refractivity contribution in [3.63, 3.8) is 0 Å². The average Bonchev–Trinajstić information content (AvgIpc) is 2.59. The molecule has 0 spiro atoms. The second-order valence-corrected chi connectivity index (χ2v) is 4.77. The standard InChI is InChI=1S/C18H20N2O2/c1-13(15-9-5-7-11-17(15)21-3)19-20-14(2)16-10-6-8-12-18(16)22-4/h5-12H,1-4H3/b19-13+,20-14+. The van der Waals surface area contributed by atoms with E-state index in [2.05, 4.69) is 10.2 Å². The second-order valence-electron chi connectivity index (χ2n) is 4.77. The molecule has 0 N–H and O–H groups in total. The fourth-order valence-corrected chi connectivity index (χ4v) is 2.14. The van der Waals surface area contributed by atoms with Gasteiger partial charge in [-0.2, -0.15) is 10.2 Å². The molecule has 0 saturated carbocycles. The van der Waals surface area contributed by atoms with Crippen LogP contribution in [0.25, 0.3) is 0 Å². The second kappa shape index (κ2) is 7.41. The highest BCUT2D eigenvalue weighted by Crippen LogP contribution is 2.20. The van der Waals surface area contributed by atoms with E-state index in [1.807, 2.05) is 62.4 Å². The Labute approximate surface area is 131 Å². The maximum absolute atomic E-state index is 5.35. The van der Waals surface area contributed by atoms with Gasteiger partial charge in [-0.25, -0.2) is 0 Å². The van der Waals surface area contributed by atoms with Crippen molar-refractivity contribution in [2.45, 2.75) is 13.8 Å². The Morgan fingerprint density at radius 1 is 0.682 bits per heavy atom. The number of hydrogen-bond donors (Lipinski definition) is 0. The van der Waals surface area contributed by atoms with Crippen LogP contribution in [0.5, 0.6) is 11.5 Å². The van der Waals surface area contributed by atoms with Gasteiger partial charge in [0.05, 0.1) is 25.6 Å². The Morgan fingerprint density at radius 2 is 1.05 bits per heavy atom. The van der Waals surface area contributed by atoms with Crippen molar-refractivity contribution in [3.8, 4) is 11.5 Å². The van der Waals surface area contributed by atoms with Crippen molar-refractivity contribution in [1.82, 2.24) is 0 Å². The number of rotatable bonds is 5. The molecule has 0 aliphatic heterocycles. The first kappa shape index (κ1) is 15.8. The molecule has 4 nitrogen and oxygen atoms in total. The van der Waals surface area contributed by atoms with Crippen LogP contribution in [0.2, 0.25) is 0 Å². The fourth-order valence-electron chi connectivity index (χ4n) is 2.14. The van der Waals surface area contributed by atoms with Crippen molar-refractivity contribution in [2.75, 3.05) is 14.2 Å². The van der Waals surface area contributed by atoms with Gasteiger partial charge < -0.3 is 9.47 Å². The molecule has 2 rings (SSSR count). The molecule has 0 unspecified atom stereocenters. The first-order chi connectivity index (χ1) is 10.7. The van der Waals surface area contributed by atoms with Gasteiger partial charge in [-0.1, -0.05) is 24.3 Å². The number of nitrogens with zero attached hydrogens (tertiary/aromatic N) is 2. The Morgan fingerprint density at radius 3 is 1.41 bits per heavy atom. The molecule has 0 saturated heterocycles. The molecule has 4 heteroatoms. The molecular formula is C18H20N2O2. The molecular weight excluding hydrogens is 276 g/mol. The highest BCUT2D eigenvalue weighted by Gasteiger charge is 2.06. The summed E-state index contributed by atoms with van der Waals surface area (Å²) in [6.45, 7) is 3.83. The van der Waals surface area contributed by atoms with Gasteiger partial charge in [0.2, 0.25) is 0 Å². The first-order valence-electron chi connectivity index (χ1n) is 7.03. The molecule has 0 bridgehead atoms. The number of benzene rings is 2. The van der Waals surface area contributed by atoms with E-state index < -0.39 is 0 Å². The topological polar surface area (TPSA) is 43.2 Å². The summed E-state index contributed by atoms with van der Waals surface area (Å²) in [7, 11) is 3.30. The number of hydrogen-bond acceptors (Lipinski definition) is 4. The molecule has 0 aliphatic rings. The van der Waals surface area contributed by atoms with Gasteiger partial charge in [0.25, 0.3) is 0 Å². The zero-order valence-electron chi connectivity index (χ0n) is 13.3. The van der Waals surface area contributed by atoms with Gasteiger partial charge >= 0.3 is 0 Å². The van der Waals surface area contributed by atoms with Crippen molar-refractivity contribution in [1.29, 1.82) is 0 Å². The maximum atomic E-state index is 5.35. The van der Waals surface area contributed by atoms with Gasteiger partial charge in [-0.05, 0) is 38.1 Å². The van der Waals surface area contributed by atoms with Crippen LogP contribution in [-0.4, -0.2) is 25.6 Å². The van der Waals surface area contributed by atoms with Crippen molar-refractivity contribution in [3.05, 3.63) is 59.7 Å². The third-order valence-corrected chi connectivity index (χ3v) is 3.34. The van der Waals surface area contributed by atoms with Gasteiger partial charge in [0, 0.05) is 11.1 Å². The van der Waals surface area contributed by atoms with Crippen LogP contribution in [-0.2, 0) is 0 Å². The lowest BCUT2D eigenvalue weighted by molar-refractivity contribution is 0.413. The minimum Gasteiger partial charge on any atom is -0.496 e. The molecule has 0 amide bonds. The van der Waals surface area contributed by atoms with E-state index >= 15 is 0 Å². The van der Waals surface area contributed by atoms with Crippen LogP contribution >= 0.6 is 0 Å². The third kappa shape index (κ3) is 3.52. The highest BCUT2D eigenvalue weighted by atomic mass is 16.5. The van der Waals surface area contributed by atoms with E-state index in [1.165, 1.54) is 0 Å². The third-order valence-electron chi connectivity index (χ3n) is 3.34. The minimum atomic E-state index is 0.786. The molecule has 114 valence electrons. The van der Waals surface area contributed by atoms with Gasteiger partial charge in [-0.3, -0.25) is 0 Å². The van der Waals surface area contributed by atoms with Crippen LogP contribution in [0, 0.1) is 0 Å². The Hall–Kier alpha value is -2.62. The van der Waals surface area contributed by atoms with Crippen LogP contribution in [0.4, 0.5) is 0 Å².